The first-order chi connectivity index (χ1) is 12.3. The highest BCUT2D eigenvalue weighted by Gasteiger charge is 2.20. The fraction of sp³-hybridized carbons (Fsp3) is 0.176. The molecule has 0 fully saturated rings. The predicted molar refractivity (Wildman–Crippen MR) is 97.3 cm³/mol. The molecule has 0 aliphatic rings. The molecule has 0 aromatic heterocycles. The van der Waals surface area contributed by atoms with Crippen LogP contribution in [0.2, 0.25) is 5.02 Å². The number of halogens is 1. The van der Waals surface area contributed by atoms with Crippen LogP contribution in [0, 0.1) is 0 Å². The summed E-state index contributed by atoms with van der Waals surface area (Å²) in [4.78, 5) is 23.8. The molecular weight excluding hydrogens is 380 g/mol. The van der Waals surface area contributed by atoms with E-state index < -0.39 is 34.5 Å². The highest BCUT2D eigenvalue weighted by molar-refractivity contribution is 7.89. The van der Waals surface area contributed by atoms with Crippen LogP contribution in [0.5, 0.6) is 0 Å². The first kappa shape index (κ1) is 19.9. The SMILES string of the molecule is C[C@H](OC(=O)CNS(=O)(=O)c1ccccc1)C(=O)Nc1cccc(Cl)c1. The number of esters is 1. The summed E-state index contributed by atoms with van der Waals surface area (Å²) in [6, 6.07) is 14.1. The first-order valence-corrected chi connectivity index (χ1v) is 9.44. The number of carbonyl (C=O) groups excluding carboxylic acids is 2. The van der Waals surface area contributed by atoms with Crippen LogP contribution < -0.4 is 10.0 Å². The molecule has 9 heteroatoms. The number of rotatable bonds is 7. The Balaban J connectivity index is 1.86. The molecule has 2 aromatic rings. The monoisotopic (exact) mass is 396 g/mol. The smallest absolute Gasteiger partial charge is 0.321 e. The summed E-state index contributed by atoms with van der Waals surface area (Å²) in [5, 5.41) is 2.99. The quantitative estimate of drug-likeness (QED) is 0.698. The van der Waals surface area contributed by atoms with E-state index in [0.29, 0.717) is 10.7 Å². The van der Waals surface area contributed by atoms with E-state index in [-0.39, 0.29) is 4.90 Å². The number of benzene rings is 2. The maximum absolute atomic E-state index is 12.0. The lowest BCUT2D eigenvalue weighted by atomic mass is 10.3. The Morgan fingerprint density at radius 1 is 1.12 bits per heavy atom. The lowest BCUT2D eigenvalue weighted by molar-refractivity contribution is -0.151. The van der Waals surface area contributed by atoms with Crippen LogP contribution >= 0.6 is 11.6 Å². The van der Waals surface area contributed by atoms with Crippen LogP contribution in [0.15, 0.2) is 59.5 Å². The zero-order valence-electron chi connectivity index (χ0n) is 13.8. The molecule has 0 spiro atoms. The Hall–Kier alpha value is -2.42. The normalized spacial score (nSPS) is 12.2. The Morgan fingerprint density at radius 3 is 2.46 bits per heavy atom. The molecule has 1 amide bonds. The molecular formula is C17H17ClN2O5S. The molecule has 0 aliphatic carbocycles. The number of hydrogen-bond acceptors (Lipinski definition) is 5. The van der Waals surface area contributed by atoms with Crippen molar-refractivity contribution in [3.8, 4) is 0 Å². The molecule has 0 aliphatic heterocycles. The third kappa shape index (κ3) is 5.83. The second-order valence-electron chi connectivity index (χ2n) is 5.27. The zero-order chi connectivity index (χ0) is 19.2. The molecule has 7 nitrogen and oxygen atoms in total. The van der Waals surface area contributed by atoms with Gasteiger partial charge in [0.25, 0.3) is 5.91 Å². The van der Waals surface area contributed by atoms with Crippen LogP contribution in [-0.2, 0) is 24.3 Å². The summed E-state index contributed by atoms with van der Waals surface area (Å²) >= 11 is 5.82. The van der Waals surface area contributed by atoms with E-state index in [1.165, 1.54) is 19.1 Å². The minimum atomic E-state index is -3.83. The van der Waals surface area contributed by atoms with Crippen LogP contribution in [0.3, 0.4) is 0 Å². The molecule has 0 radical (unpaired) electrons. The third-order valence-corrected chi connectivity index (χ3v) is 4.88. The van der Waals surface area contributed by atoms with Crippen molar-refractivity contribution in [2.75, 3.05) is 11.9 Å². The second kappa shape index (κ2) is 8.79. The van der Waals surface area contributed by atoms with Crippen LogP contribution in [0.1, 0.15) is 6.92 Å². The van der Waals surface area contributed by atoms with Crippen molar-refractivity contribution >= 4 is 39.2 Å². The number of nitrogens with one attached hydrogen (secondary N) is 2. The molecule has 0 saturated heterocycles. The van der Waals surface area contributed by atoms with Gasteiger partial charge in [-0.25, -0.2) is 8.42 Å². The summed E-state index contributed by atoms with van der Waals surface area (Å²) in [5.74, 6) is -1.44. The Labute approximate surface area is 156 Å². The van der Waals surface area contributed by atoms with Gasteiger partial charge in [0.2, 0.25) is 10.0 Å². The standard InChI is InChI=1S/C17H17ClN2O5S/c1-12(17(22)20-14-7-5-6-13(18)10-14)25-16(21)11-19-26(23,24)15-8-3-2-4-9-15/h2-10,12,19H,11H2,1H3,(H,20,22)/t12-/m0/s1. The van der Waals surface area contributed by atoms with Gasteiger partial charge in [-0.15, -0.1) is 0 Å². The van der Waals surface area contributed by atoms with Gasteiger partial charge in [-0.1, -0.05) is 35.9 Å². The minimum Gasteiger partial charge on any atom is -0.452 e. The van der Waals surface area contributed by atoms with Crippen molar-refractivity contribution in [2.24, 2.45) is 0 Å². The predicted octanol–water partition coefficient (Wildman–Crippen LogP) is 2.19. The largest absolute Gasteiger partial charge is 0.452 e. The fourth-order valence-corrected chi connectivity index (χ4v) is 3.12. The highest BCUT2D eigenvalue weighted by atomic mass is 35.5. The number of amides is 1. The van der Waals surface area contributed by atoms with Crippen molar-refractivity contribution < 1.29 is 22.7 Å². The maximum atomic E-state index is 12.0. The zero-order valence-corrected chi connectivity index (χ0v) is 15.4. The van der Waals surface area contributed by atoms with Crippen molar-refractivity contribution in [1.29, 1.82) is 0 Å². The molecule has 2 N–H and O–H groups in total. The van der Waals surface area contributed by atoms with E-state index in [1.54, 1.807) is 42.5 Å². The lowest BCUT2D eigenvalue weighted by Gasteiger charge is -2.14. The van der Waals surface area contributed by atoms with Gasteiger partial charge in [0.05, 0.1) is 4.90 Å². The summed E-state index contributed by atoms with van der Waals surface area (Å²) in [6.45, 7) is 0.787. The topological polar surface area (TPSA) is 102 Å². The van der Waals surface area contributed by atoms with E-state index in [9.17, 15) is 18.0 Å². The molecule has 138 valence electrons. The number of anilines is 1. The van der Waals surface area contributed by atoms with Crippen LogP contribution in [-0.4, -0.2) is 32.9 Å². The average Bonchev–Trinajstić information content (AvgIpc) is 2.61. The number of carbonyl (C=O) groups is 2. The van der Waals surface area contributed by atoms with Crippen molar-refractivity contribution in [1.82, 2.24) is 4.72 Å². The van der Waals surface area contributed by atoms with Gasteiger partial charge in [-0.2, -0.15) is 4.72 Å². The van der Waals surface area contributed by atoms with Gasteiger partial charge in [-0.05, 0) is 37.3 Å². The van der Waals surface area contributed by atoms with Gasteiger partial charge < -0.3 is 10.1 Å². The van der Waals surface area contributed by atoms with Crippen molar-refractivity contribution in [2.45, 2.75) is 17.9 Å². The molecule has 2 rings (SSSR count). The first-order valence-electron chi connectivity index (χ1n) is 7.58. The Bertz CT molecular complexity index is 887. The minimum absolute atomic E-state index is 0.0274. The maximum Gasteiger partial charge on any atom is 0.321 e. The van der Waals surface area contributed by atoms with E-state index >= 15 is 0 Å². The van der Waals surface area contributed by atoms with Crippen LogP contribution in [0.4, 0.5) is 5.69 Å². The lowest BCUT2D eigenvalue weighted by Crippen LogP contribution is -2.35. The summed E-state index contributed by atoms with van der Waals surface area (Å²) in [5.41, 5.74) is 0.454. The molecule has 26 heavy (non-hydrogen) atoms. The average molecular weight is 397 g/mol. The molecule has 0 unspecified atom stereocenters. The molecule has 0 heterocycles. The molecule has 0 saturated carbocycles. The Morgan fingerprint density at radius 2 is 1.81 bits per heavy atom. The van der Waals surface area contributed by atoms with Gasteiger partial charge in [0.15, 0.2) is 6.10 Å². The van der Waals surface area contributed by atoms with Crippen molar-refractivity contribution in [3.05, 3.63) is 59.6 Å². The van der Waals surface area contributed by atoms with E-state index in [4.69, 9.17) is 16.3 Å². The summed E-state index contributed by atoms with van der Waals surface area (Å²) < 4.78 is 31.1. The Kier molecular flexibility index (Phi) is 6.73. The molecule has 1 atom stereocenters. The number of hydrogen-bond donors (Lipinski definition) is 2. The van der Waals surface area contributed by atoms with Crippen LogP contribution in [0.25, 0.3) is 0 Å². The van der Waals surface area contributed by atoms with Gasteiger partial charge in [0.1, 0.15) is 6.54 Å². The van der Waals surface area contributed by atoms with E-state index in [0.717, 1.165) is 0 Å². The summed E-state index contributed by atoms with van der Waals surface area (Å²) in [6.07, 6.45) is -1.11. The number of sulfonamides is 1. The highest BCUT2D eigenvalue weighted by Crippen LogP contribution is 2.15. The van der Waals surface area contributed by atoms with Gasteiger partial charge in [0, 0.05) is 10.7 Å². The number of ether oxygens (including phenoxy) is 1. The molecule has 2 aromatic carbocycles. The van der Waals surface area contributed by atoms with Gasteiger partial charge >= 0.3 is 5.97 Å². The molecule has 0 bridgehead atoms. The van der Waals surface area contributed by atoms with E-state index in [2.05, 4.69) is 10.0 Å². The van der Waals surface area contributed by atoms with Crippen molar-refractivity contribution in [3.63, 3.8) is 0 Å². The summed E-state index contributed by atoms with van der Waals surface area (Å²) in [7, 11) is -3.83. The fourth-order valence-electron chi connectivity index (χ4n) is 1.94. The van der Waals surface area contributed by atoms with E-state index in [1.807, 2.05) is 0 Å². The third-order valence-electron chi connectivity index (χ3n) is 3.23. The van der Waals surface area contributed by atoms with Gasteiger partial charge in [-0.3, -0.25) is 9.59 Å². The second-order valence-corrected chi connectivity index (χ2v) is 7.47.